The normalized spacial score (nSPS) is 41.3. The quantitative estimate of drug-likeness (QED) is 0.580. The van der Waals surface area contributed by atoms with Gasteiger partial charge in [0, 0.05) is 18.4 Å². The molecule has 2 rings (SSSR count). The molecule has 0 aromatic heterocycles. The molecule has 2 unspecified atom stereocenters. The molecule has 0 spiro atoms. The lowest BCUT2D eigenvalue weighted by atomic mass is 9.97. The van der Waals surface area contributed by atoms with Gasteiger partial charge in [-0.05, 0) is 25.3 Å². The number of terminal acetylenes is 1. The van der Waals surface area contributed by atoms with Crippen LogP contribution in [-0.2, 0) is 14.2 Å². The molecule has 0 aliphatic carbocycles. The Morgan fingerprint density at radius 1 is 1.30 bits per heavy atom. The van der Waals surface area contributed by atoms with Gasteiger partial charge in [-0.1, -0.05) is 34.9 Å². The van der Waals surface area contributed by atoms with E-state index in [1.165, 1.54) is 0 Å². The minimum absolute atomic E-state index is 0.0779. The van der Waals surface area contributed by atoms with Crippen LogP contribution in [-0.4, -0.2) is 42.5 Å². The number of allylic oxidation sites excluding steroid dienone is 1. The summed E-state index contributed by atoms with van der Waals surface area (Å²) in [7, 11) is 1.76. The van der Waals surface area contributed by atoms with E-state index in [1.807, 2.05) is 6.08 Å². The molecular formula is C16H23BrO3. The standard InChI is InChI=1S/C16H23BrO3/c1-4-6-7-8-13-15-10-16(20-13)14(18-3)9-11(17)12(5-2)19-15/h1,6-7,11-16H,5,8-10H2,2-3H3/b7-6+/t11-,12+,13?,14-,15-,16?/m0/s1. The van der Waals surface area contributed by atoms with Gasteiger partial charge in [-0.15, -0.1) is 6.42 Å². The first-order valence-corrected chi connectivity index (χ1v) is 8.20. The van der Waals surface area contributed by atoms with Crippen LogP contribution in [0, 0.1) is 12.3 Å². The summed E-state index contributed by atoms with van der Waals surface area (Å²) in [5.74, 6) is 2.51. The fourth-order valence-corrected chi connectivity index (χ4v) is 3.91. The Bertz CT molecular complexity index is 376. The van der Waals surface area contributed by atoms with Gasteiger partial charge in [-0.25, -0.2) is 0 Å². The highest BCUT2D eigenvalue weighted by atomic mass is 79.9. The van der Waals surface area contributed by atoms with E-state index in [4.69, 9.17) is 20.6 Å². The summed E-state index contributed by atoms with van der Waals surface area (Å²) in [6.45, 7) is 2.16. The molecule has 2 fully saturated rings. The summed E-state index contributed by atoms with van der Waals surface area (Å²) in [4.78, 5) is 0.311. The topological polar surface area (TPSA) is 27.7 Å². The second kappa shape index (κ2) is 7.61. The number of methoxy groups -OCH3 is 1. The predicted octanol–water partition coefficient (Wildman–Crippen LogP) is 3.07. The largest absolute Gasteiger partial charge is 0.379 e. The predicted molar refractivity (Wildman–Crippen MR) is 82.9 cm³/mol. The van der Waals surface area contributed by atoms with Crippen LogP contribution >= 0.6 is 15.9 Å². The fourth-order valence-electron chi connectivity index (χ4n) is 3.04. The molecule has 0 saturated carbocycles. The molecule has 20 heavy (non-hydrogen) atoms. The van der Waals surface area contributed by atoms with E-state index in [0.717, 1.165) is 25.7 Å². The molecule has 0 amide bonds. The number of fused-ring (bicyclic) bond motifs is 2. The third-order valence-corrected chi connectivity index (χ3v) is 5.11. The van der Waals surface area contributed by atoms with E-state index in [-0.39, 0.29) is 30.5 Å². The summed E-state index contributed by atoms with van der Waals surface area (Å²) in [6.07, 6.45) is 13.2. The van der Waals surface area contributed by atoms with Crippen LogP contribution in [0.4, 0.5) is 0 Å². The number of hydrogen-bond donors (Lipinski definition) is 0. The Kier molecular flexibility index (Phi) is 6.10. The molecule has 2 heterocycles. The number of ether oxygens (including phenoxy) is 3. The molecule has 112 valence electrons. The van der Waals surface area contributed by atoms with Gasteiger partial charge in [-0.3, -0.25) is 0 Å². The first-order chi connectivity index (χ1) is 9.69. The maximum absolute atomic E-state index is 6.27. The molecule has 2 aliphatic rings. The number of alkyl halides is 1. The fraction of sp³-hybridized carbons (Fsp3) is 0.750. The lowest BCUT2D eigenvalue weighted by Crippen LogP contribution is -2.39. The zero-order chi connectivity index (χ0) is 14.5. The molecule has 6 atom stereocenters. The average Bonchev–Trinajstić information content (AvgIpc) is 2.85. The molecule has 0 radical (unpaired) electrons. The third kappa shape index (κ3) is 3.65. The van der Waals surface area contributed by atoms with Crippen molar-refractivity contribution in [2.45, 2.75) is 68.0 Å². The van der Waals surface area contributed by atoms with Crippen LogP contribution in [0.2, 0.25) is 0 Å². The van der Waals surface area contributed by atoms with Crippen LogP contribution < -0.4 is 0 Å². The number of hydrogen-bond acceptors (Lipinski definition) is 3. The van der Waals surface area contributed by atoms with E-state index in [1.54, 1.807) is 13.2 Å². The van der Waals surface area contributed by atoms with Gasteiger partial charge in [0.2, 0.25) is 0 Å². The SMILES string of the molecule is C#C/C=C/CC1OC2C[C@@H]1O[C@H](CC)[C@@H](Br)C[C@@H]2OC. The van der Waals surface area contributed by atoms with Gasteiger partial charge in [0.25, 0.3) is 0 Å². The van der Waals surface area contributed by atoms with Crippen molar-refractivity contribution in [3.63, 3.8) is 0 Å². The summed E-state index contributed by atoms with van der Waals surface area (Å²) in [5.41, 5.74) is 0. The van der Waals surface area contributed by atoms with Crippen LogP contribution in [0.25, 0.3) is 0 Å². The molecule has 2 bridgehead atoms. The van der Waals surface area contributed by atoms with Crippen molar-refractivity contribution in [1.82, 2.24) is 0 Å². The maximum atomic E-state index is 6.27. The van der Waals surface area contributed by atoms with Crippen molar-refractivity contribution < 1.29 is 14.2 Å². The molecule has 4 heteroatoms. The average molecular weight is 343 g/mol. The first kappa shape index (κ1) is 16.0. The third-order valence-electron chi connectivity index (χ3n) is 4.14. The highest BCUT2D eigenvalue weighted by molar-refractivity contribution is 9.09. The van der Waals surface area contributed by atoms with E-state index in [9.17, 15) is 0 Å². The van der Waals surface area contributed by atoms with Gasteiger partial charge in [0.05, 0.1) is 30.5 Å². The summed E-state index contributed by atoms with van der Waals surface area (Å²) >= 11 is 3.75. The molecule has 0 aromatic carbocycles. The second-order valence-electron chi connectivity index (χ2n) is 5.40. The Hall–Kier alpha value is -0.340. The highest BCUT2D eigenvalue weighted by Crippen LogP contribution is 2.36. The highest BCUT2D eigenvalue weighted by Gasteiger charge is 2.44. The maximum Gasteiger partial charge on any atom is 0.0877 e. The van der Waals surface area contributed by atoms with E-state index < -0.39 is 0 Å². The van der Waals surface area contributed by atoms with Gasteiger partial charge < -0.3 is 14.2 Å². The monoisotopic (exact) mass is 342 g/mol. The van der Waals surface area contributed by atoms with Gasteiger partial charge in [0.1, 0.15) is 0 Å². The van der Waals surface area contributed by atoms with Crippen molar-refractivity contribution in [2.24, 2.45) is 0 Å². The first-order valence-electron chi connectivity index (χ1n) is 7.28. The lowest BCUT2D eigenvalue weighted by molar-refractivity contribution is -0.0587. The molecule has 2 saturated heterocycles. The van der Waals surface area contributed by atoms with Crippen molar-refractivity contribution in [1.29, 1.82) is 0 Å². The van der Waals surface area contributed by atoms with Crippen molar-refractivity contribution in [3.8, 4) is 12.3 Å². The van der Waals surface area contributed by atoms with E-state index in [0.29, 0.717) is 4.83 Å². The molecule has 2 aliphatic heterocycles. The van der Waals surface area contributed by atoms with Crippen molar-refractivity contribution in [2.75, 3.05) is 7.11 Å². The lowest BCUT2D eigenvalue weighted by Gasteiger charge is -2.31. The van der Waals surface area contributed by atoms with Gasteiger partial charge in [0.15, 0.2) is 0 Å². The number of halogens is 1. The molecule has 0 aromatic rings. The number of rotatable bonds is 4. The minimum Gasteiger partial charge on any atom is -0.379 e. The Balaban J connectivity index is 2.10. The molecular weight excluding hydrogens is 320 g/mol. The van der Waals surface area contributed by atoms with Gasteiger partial charge >= 0.3 is 0 Å². The molecule has 3 nitrogen and oxygen atoms in total. The smallest absolute Gasteiger partial charge is 0.0877 e. The Morgan fingerprint density at radius 2 is 2.05 bits per heavy atom. The summed E-state index contributed by atoms with van der Waals surface area (Å²) < 4.78 is 18.0. The van der Waals surface area contributed by atoms with E-state index >= 15 is 0 Å². The Morgan fingerprint density at radius 3 is 2.70 bits per heavy atom. The van der Waals surface area contributed by atoms with Crippen LogP contribution in [0.3, 0.4) is 0 Å². The van der Waals surface area contributed by atoms with Crippen LogP contribution in [0.15, 0.2) is 12.2 Å². The van der Waals surface area contributed by atoms with Gasteiger partial charge in [-0.2, -0.15) is 0 Å². The van der Waals surface area contributed by atoms with Crippen molar-refractivity contribution in [3.05, 3.63) is 12.2 Å². The zero-order valence-electron chi connectivity index (χ0n) is 12.1. The Labute approximate surface area is 130 Å². The molecule has 0 N–H and O–H groups in total. The summed E-state index contributed by atoms with van der Waals surface area (Å²) in [6, 6.07) is 0. The second-order valence-corrected chi connectivity index (χ2v) is 6.58. The zero-order valence-corrected chi connectivity index (χ0v) is 13.7. The minimum atomic E-state index is 0.0779. The van der Waals surface area contributed by atoms with Crippen LogP contribution in [0.5, 0.6) is 0 Å². The summed E-state index contributed by atoms with van der Waals surface area (Å²) in [5, 5.41) is 0. The van der Waals surface area contributed by atoms with Crippen molar-refractivity contribution >= 4 is 15.9 Å². The van der Waals surface area contributed by atoms with Crippen LogP contribution in [0.1, 0.15) is 32.6 Å². The van der Waals surface area contributed by atoms with E-state index in [2.05, 4.69) is 28.8 Å².